The van der Waals surface area contributed by atoms with Crippen LogP contribution < -0.4 is 15.8 Å². The fourth-order valence-electron chi connectivity index (χ4n) is 2.20. The van der Waals surface area contributed by atoms with Crippen molar-refractivity contribution in [2.24, 2.45) is 0 Å². The second kappa shape index (κ2) is 6.45. The lowest BCUT2D eigenvalue weighted by atomic mass is 10.1. The van der Waals surface area contributed by atoms with Gasteiger partial charge in [0.2, 0.25) is 0 Å². The zero-order valence-electron chi connectivity index (χ0n) is 11.9. The molecule has 0 aliphatic rings. The fraction of sp³-hybridized carbons (Fsp3) is 0.0588. The van der Waals surface area contributed by atoms with E-state index in [9.17, 15) is 0 Å². The molecule has 2 aromatic heterocycles. The quantitative estimate of drug-likeness (QED) is 0.442. The number of nitrogens with two attached hydrogens (primary N) is 1. The molecule has 0 bridgehead atoms. The Morgan fingerprint density at radius 3 is 2.55 bits per heavy atom. The Morgan fingerprint density at radius 1 is 1.00 bits per heavy atom. The largest absolute Gasteiger partial charge is 0.302 e. The number of para-hydroxylation sites is 1. The molecule has 3 aromatic rings. The molecule has 0 radical (unpaired) electrons. The number of nitrogens with zero attached hydrogens (tertiary/aromatic N) is 2. The lowest BCUT2D eigenvalue weighted by molar-refractivity contribution is -0.631. The van der Waals surface area contributed by atoms with E-state index in [-0.39, 0.29) is 0 Å². The molecule has 0 spiro atoms. The van der Waals surface area contributed by atoms with Gasteiger partial charge in [0.05, 0.1) is 0 Å². The van der Waals surface area contributed by atoms with Crippen LogP contribution in [-0.2, 0) is 6.42 Å². The molecule has 0 aliphatic carbocycles. The van der Waals surface area contributed by atoms with Gasteiger partial charge in [-0.1, -0.05) is 41.9 Å². The van der Waals surface area contributed by atoms with Crippen molar-refractivity contribution in [3.05, 3.63) is 83.3 Å². The Balaban J connectivity index is 1.84. The van der Waals surface area contributed by atoms with Gasteiger partial charge in [-0.2, -0.15) is 0 Å². The first-order valence-electron chi connectivity index (χ1n) is 6.94. The van der Waals surface area contributed by atoms with Gasteiger partial charge in [0, 0.05) is 18.7 Å². The Morgan fingerprint density at radius 2 is 1.82 bits per heavy atom. The average molecular weight is 312 g/mol. The molecular formula is C17H16ClN4+. The zero-order valence-corrected chi connectivity index (χ0v) is 12.7. The zero-order chi connectivity index (χ0) is 15.4. The highest BCUT2D eigenvalue weighted by atomic mass is 35.5. The van der Waals surface area contributed by atoms with E-state index >= 15 is 0 Å². The van der Waals surface area contributed by atoms with Crippen LogP contribution in [-0.4, -0.2) is 4.98 Å². The second-order valence-corrected chi connectivity index (χ2v) is 5.32. The van der Waals surface area contributed by atoms with Crippen molar-refractivity contribution in [3.63, 3.8) is 0 Å². The molecule has 0 aliphatic heterocycles. The predicted molar refractivity (Wildman–Crippen MR) is 88.6 cm³/mol. The molecule has 110 valence electrons. The van der Waals surface area contributed by atoms with E-state index < -0.39 is 0 Å². The van der Waals surface area contributed by atoms with Gasteiger partial charge in [-0.3, -0.25) is 5.84 Å². The third-order valence-electron chi connectivity index (χ3n) is 3.33. The number of nitrogen functional groups attached to an aromatic ring is 1. The molecule has 0 fully saturated rings. The van der Waals surface area contributed by atoms with Crippen molar-refractivity contribution in [2.45, 2.75) is 6.42 Å². The summed E-state index contributed by atoms with van der Waals surface area (Å²) in [5.41, 5.74) is 3.03. The Bertz CT molecular complexity index is 757. The highest BCUT2D eigenvalue weighted by Crippen LogP contribution is 2.14. The SMILES string of the molecule is N[n+]1c(Cc2ccc(Cl)nc2)cccc1Nc1ccccc1. The standard InChI is InChI=1S/C17H15ClN4/c18-16-10-9-13(12-20-16)11-15-7-4-8-17(22(15)19)21-14-5-2-1-3-6-14/h1-10,12H,11,19H2/p+1. The van der Waals surface area contributed by atoms with Crippen LogP contribution in [0.2, 0.25) is 5.15 Å². The summed E-state index contributed by atoms with van der Waals surface area (Å²) in [6.45, 7) is 0. The molecule has 2 heterocycles. The number of anilines is 2. The van der Waals surface area contributed by atoms with Crippen molar-refractivity contribution in [3.8, 4) is 0 Å². The minimum absolute atomic E-state index is 0.490. The van der Waals surface area contributed by atoms with Crippen molar-refractivity contribution in [1.29, 1.82) is 0 Å². The van der Waals surface area contributed by atoms with Gasteiger partial charge < -0.3 is 0 Å². The molecule has 1 aromatic carbocycles. The van der Waals surface area contributed by atoms with Crippen LogP contribution in [0.1, 0.15) is 11.3 Å². The molecule has 0 saturated heterocycles. The van der Waals surface area contributed by atoms with Crippen LogP contribution in [0.3, 0.4) is 0 Å². The predicted octanol–water partition coefficient (Wildman–Crippen LogP) is 3.07. The maximum absolute atomic E-state index is 6.22. The number of rotatable bonds is 4. The van der Waals surface area contributed by atoms with Crippen molar-refractivity contribution >= 4 is 23.1 Å². The molecular weight excluding hydrogens is 296 g/mol. The minimum Gasteiger partial charge on any atom is -0.268 e. The Hall–Kier alpha value is -2.59. The molecule has 0 amide bonds. The van der Waals surface area contributed by atoms with Gasteiger partial charge in [-0.25, -0.2) is 10.3 Å². The lowest BCUT2D eigenvalue weighted by Crippen LogP contribution is -2.50. The number of hydrogen-bond acceptors (Lipinski definition) is 3. The van der Waals surface area contributed by atoms with Crippen molar-refractivity contribution in [2.75, 3.05) is 11.2 Å². The van der Waals surface area contributed by atoms with Crippen molar-refractivity contribution in [1.82, 2.24) is 4.98 Å². The van der Waals surface area contributed by atoms with Crippen molar-refractivity contribution < 1.29 is 4.68 Å². The van der Waals surface area contributed by atoms with Crippen LogP contribution >= 0.6 is 11.6 Å². The number of benzene rings is 1. The summed E-state index contributed by atoms with van der Waals surface area (Å²) >= 11 is 5.81. The second-order valence-electron chi connectivity index (χ2n) is 4.93. The third kappa shape index (κ3) is 3.35. The molecule has 3 rings (SSSR count). The van der Waals surface area contributed by atoms with Gasteiger partial charge >= 0.3 is 5.82 Å². The summed E-state index contributed by atoms with van der Waals surface area (Å²) in [5, 5.41) is 3.80. The van der Waals surface area contributed by atoms with Gasteiger partial charge in [0.25, 0.3) is 0 Å². The van der Waals surface area contributed by atoms with Gasteiger partial charge in [-0.15, -0.1) is 4.68 Å². The van der Waals surface area contributed by atoms with E-state index in [1.165, 1.54) is 0 Å². The van der Waals surface area contributed by atoms with Crippen LogP contribution in [0.25, 0.3) is 0 Å². The van der Waals surface area contributed by atoms with Gasteiger partial charge in [0.15, 0.2) is 0 Å². The number of nitrogens with one attached hydrogen (secondary N) is 1. The van der Waals surface area contributed by atoms with Crippen LogP contribution in [0, 0.1) is 0 Å². The molecule has 5 heteroatoms. The fourth-order valence-corrected chi connectivity index (χ4v) is 2.31. The summed E-state index contributed by atoms with van der Waals surface area (Å²) in [7, 11) is 0. The van der Waals surface area contributed by atoms with E-state index in [0.717, 1.165) is 22.8 Å². The lowest BCUT2D eigenvalue weighted by Gasteiger charge is -2.07. The summed E-state index contributed by atoms with van der Waals surface area (Å²) in [5.74, 6) is 7.04. The summed E-state index contributed by atoms with van der Waals surface area (Å²) in [6, 6.07) is 19.6. The number of aromatic nitrogens is 2. The van der Waals surface area contributed by atoms with E-state index in [4.69, 9.17) is 17.4 Å². The molecule has 0 saturated carbocycles. The van der Waals surface area contributed by atoms with E-state index in [1.54, 1.807) is 16.9 Å². The van der Waals surface area contributed by atoms with Gasteiger partial charge in [-0.05, 0) is 29.8 Å². The number of pyridine rings is 2. The average Bonchev–Trinajstić information content (AvgIpc) is 2.54. The monoisotopic (exact) mass is 311 g/mol. The first-order chi connectivity index (χ1) is 10.7. The first kappa shape index (κ1) is 14.4. The summed E-state index contributed by atoms with van der Waals surface area (Å²) in [6.07, 6.45) is 2.45. The van der Waals surface area contributed by atoms with E-state index in [1.807, 2.05) is 54.6 Å². The summed E-state index contributed by atoms with van der Waals surface area (Å²) in [4.78, 5) is 4.09. The van der Waals surface area contributed by atoms with E-state index in [2.05, 4.69) is 10.3 Å². The normalized spacial score (nSPS) is 10.4. The molecule has 3 N–H and O–H groups in total. The number of halogens is 1. The highest BCUT2D eigenvalue weighted by molar-refractivity contribution is 6.29. The smallest absolute Gasteiger partial charge is 0.268 e. The van der Waals surface area contributed by atoms with Crippen LogP contribution in [0.5, 0.6) is 0 Å². The Labute approximate surface area is 134 Å². The minimum atomic E-state index is 0.490. The maximum Gasteiger partial charge on any atom is 0.302 e. The number of hydrogen-bond donors (Lipinski definition) is 2. The van der Waals surface area contributed by atoms with E-state index in [0.29, 0.717) is 11.6 Å². The summed E-state index contributed by atoms with van der Waals surface area (Å²) < 4.78 is 1.65. The maximum atomic E-state index is 6.22. The first-order valence-corrected chi connectivity index (χ1v) is 7.32. The molecule has 0 atom stereocenters. The van der Waals surface area contributed by atoms with Crippen LogP contribution in [0.4, 0.5) is 11.5 Å². The Kier molecular flexibility index (Phi) is 4.21. The molecule has 0 unspecified atom stereocenters. The topological polar surface area (TPSA) is 54.8 Å². The highest BCUT2D eigenvalue weighted by Gasteiger charge is 2.12. The molecule has 4 nitrogen and oxygen atoms in total. The molecule has 22 heavy (non-hydrogen) atoms. The third-order valence-corrected chi connectivity index (χ3v) is 3.56. The van der Waals surface area contributed by atoms with Gasteiger partial charge in [0.1, 0.15) is 16.5 Å². The van der Waals surface area contributed by atoms with Crippen LogP contribution in [0.15, 0.2) is 66.9 Å².